The number of pyridine rings is 1. The number of carbonyl (C=O) groups excluding carboxylic acids is 1. The molecule has 0 aliphatic rings. The molecule has 0 N–H and O–H groups in total. The molecule has 0 fully saturated rings. The van der Waals surface area contributed by atoms with Gasteiger partial charge in [0.05, 0.1) is 5.56 Å². The van der Waals surface area contributed by atoms with Crippen LogP contribution in [0.2, 0.25) is 5.15 Å². The van der Waals surface area contributed by atoms with E-state index in [1.54, 1.807) is 0 Å². The summed E-state index contributed by atoms with van der Waals surface area (Å²) in [6.45, 7) is 0. The lowest BCUT2D eigenvalue weighted by Gasteiger charge is -2.04. The molecule has 0 aromatic carbocycles. The summed E-state index contributed by atoms with van der Waals surface area (Å²) in [4.78, 5) is 14.1. The minimum absolute atomic E-state index is 0.000833. The Morgan fingerprint density at radius 1 is 1.57 bits per heavy atom. The van der Waals surface area contributed by atoms with Gasteiger partial charge in [-0.3, -0.25) is 4.79 Å². The minimum atomic E-state index is -2.76. The second-order valence-electron chi connectivity index (χ2n) is 2.27. The summed E-state index contributed by atoms with van der Waals surface area (Å²) < 4.78 is 24.5. The van der Waals surface area contributed by atoms with Crippen molar-refractivity contribution in [2.75, 3.05) is 0 Å². The SMILES string of the molecule is O=C(Cl)c1cc(Br)c(C(F)F)nc1Cl. The number of carbonyl (C=O) groups is 1. The zero-order chi connectivity index (χ0) is 10.9. The Labute approximate surface area is 96.3 Å². The van der Waals surface area contributed by atoms with Crippen molar-refractivity contribution in [2.24, 2.45) is 0 Å². The molecule has 1 rings (SSSR count). The zero-order valence-corrected chi connectivity index (χ0v) is 9.50. The first-order chi connectivity index (χ1) is 6.43. The molecular formula is C7H2BrCl2F2NO. The van der Waals surface area contributed by atoms with Gasteiger partial charge in [0.25, 0.3) is 11.7 Å². The molecule has 0 saturated heterocycles. The van der Waals surface area contributed by atoms with Crippen molar-refractivity contribution >= 4 is 44.4 Å². The van der Waals surface area contributed by atoms with Crippen molar-refractivity contribution in [3.63, 3.8) is 0 Å². The number of halogens is 5. The Hall–Kier alpha value is -0.260. The van der Waals surface area contributed by atoms with E-state index in [2.05, 4.69) is 20.9 Å². The maximum absolute atomic E-state index is 12.3. The highest BCUT2D eigenvalue weighted by molar-refractivity contribution is 9.10. The molecule has 0 aliphatic heterocycles. The first-order valence-electron chi connectivity index (χ1n) is 3.27. The molecule has 1 heterocycles. The second kappa shape index (κ2) is 4.51. The third-order valence-electron chi connectivity index (χ3n) is 1.38. The van der Waals surface area contributed by atoms with Gasteiger partial charge in [-0.15, -0.1) is 0 Å². The van der Waals surface area contributed by atoms with Gasteiger partial charge in [-0.25, -0.2) is 13.8 Å². The van der Waals surface area contributed by atoms with E-state index in [9.17, 15) is 13.6 Å². The highest BCUT2D eigenvalue weighted by Gasteiger charge is 2.18. The summed E-state index contributed by atoms with van der Waals surface area (Å²) in [6, 6.07) is 1.12. The van der Waals surface area contributed by atoms with Crippen molar-refractivity contribution in [3.05, 3.63) is 26.9 Å². The number of nitrogens with zero attached hydrogens (tertiary/aromatic N) is 1. The van der Waals surface area contributed by atoms with E-state index in [1.807, 2.05) is 0 Å². The smallest absolute Gasteiger partial charge is 0.275 e. The van der Waals surface area contributed by atoms with Gasteiger partial charge < -0.3 is 0 Å². The van der Waals surface area contributed by atoms with Crippen LogP contribution < -0.4 is 0 Å². The van der Waals surface area contributed by atoms with Crippen LogP contribution in [-0.2, 0) is 0 Å². The Bertz CT molecular complexity index is 386. The average molecular weight is 305 g/mol. The highest BCUT2D eigenvalue weighted by Crippen LogP contribution is 2.29. The van der Waals surface area contributed by atoms with E-state index in [0.717, 1.165) is 6.07 Å². The van der Waals surface area contributed by atoms with Crippen LogP contribution in [-0.4, -0.2) is 10.2 Å². The second-order valence-corrected chi connectivity index (χ2v) is 3.82. The van der Waals surface area contributed by atoms with Crippen molar-refractivity contribution in [1.82, 2.24) is 4.98 Å². The van der Waals surface area contributed by atoms with Crippen molar-refractivity contribution in [3.8, 4) is 0 Å². The maximum atomic E-state index is 12.3. The molecule has 0 saturated carbocycles. The quantitative estimate of drug-likeness (QED) is 0.614. The number of rotatable bonds is 2. The summed E-state index contributed by atoms with van der Waals surface area (Å²) in [7, 11) is 0. The molecule has 0 aliphatic carbocycles. The standard InChI is InChI=1S/C7H2BrCl2F2NO/c8-3-1-2(6(10)14)5(9)13-4(3)7(11)12/h1,7H. The number of aromatic nitrogens is 1. The molecule has 0 bridgehead atoms. The van der Waals surface area contributed by atoms with Crippen LogP contribution >= 0.6 is 39.1 Å². The molecule has 0 spiro atoms. The fraction of sp³-hybridized carbons (Fsp3) is 0.143. The maximum Gasteiger partial charge on any atom is 0.281 e. The molecule has 14 heavy (non-hydrogen) atoms. The Morgan fingerprint density at radius 3 is 2.57 bits per heavy atom. The molecule has 1 aromatic heterocycles. The molecule has 1 aromatic rings. The zero-order valence-electron chi connectivity index (χ0n) is 6.40. The van der Waals surface area contributed by atoms with E-state index in [0.29, 0.717) is 0 Å². The van der Waals surface area contributed by atoms with Gasteiger partial charge in [0, 0.05) is 4.47 Å². The molecule has 0 atom stereocenters. The van der Waals surface area contributed by atoms with Gasteiger partial charge in [0.15, 0.2) is 0 Å². The lowest BCUT2D eigenvalue weighted by atomic mass is 10.2. The predicted octanol–water partition coefficient (Wildman–Crippen LogP) is 3.81. The Balaban J connectivity index is 3.31. The molecule has 0 unspecified atom stereocenters. The lowest BCUT2D eigenvalue weighted by molar-refractivity contribution is 0.108. The highest BCUT2D eigenvalue weighted by atomic mass is 79.9. The third-order valence-corrected chi connectivity index (χ3v) is 2.50. The van der Waals surface area contributed by atoms with Gasteiger partial charge in [-0.05, 0) is 33.6 Å². The van der Waals surface area contributed by atoms with Crippen LogP contribution in [0.4, 0.5) is 8.78 Å². The van der Waals surface area contributed by atoms with Gasteiger partial charge in [-0.2, -0.15) is 0 Å². The third kappa shape index (κ3) is 2.40. The first kappa shape index (κ1) is 11.8. The number of hydrogen-bond acceptors (Lipinski definition) is 2. The van der Waals surface area contributed by atoms with Crippen molar-refractivity contribution < 1.29 is 13.6 Å². The average Bonchev–Trinajstić information content (AvgIpc) is 2.07. The fourth-order valence-corrected chi connectivity index (χ4v) is 1.68. The summed E-state index contributed by atoms with van der Waals surface area (Å²) in [5.74, 6) is 0. The van der Waals surface area contributed by atoms with Crippen LogP contribution in [0.3, 0.4) is 0 Å². The fourth-order valence-electron chi connectivity index (χ4n) is 0.770. The molecule has 76 valence electrons. The van der Waals surface area contributed by atoms with Crippen LogP contribution in [0.1, 0.15) is 22.5 Å². The first-order valence-corrected chi connectivity index (χ1v) is 4.82. The van der Waals surface area contributed by atoms with E-state index in [-0.39, 0.29) is 15.2 Å². The van der Waals surface area contributed by atoms with Gasteiger partial charge >= 0.3 is 0 Å². The number of alkyl halides is 2. The van der Waals surface area contributed by atoms with Gasteiger partial charge in [0.1, 0.15) is 10.8 Å². The van der Waals surface area contributed by atoms with Crippen LogP contribution in [0.5, 0.6) is 0 Å². The minimum Gasteiger partial charge on any atom is -0.275 e. The molecule has 0 amide bonds. The summed E-state index contributed by atoms with van der Waals surface area (Å²) in [6.07, 6.45) is -2.76. The van der Waals surface area contributed by atoms with Crippen LogP contribution in [0, 0.1) is 0 Å². The summed E-state index contributed by atoms with van der Waals surface area (Å²) in [5.41, 5.74) is -0.624. The van der Waals surface area contributed by atoms with E-state index < -0.39 is 17.4 Å². The topological polar surface area (TPSA) is 30.0 Å². The predicted molar refractivity (Wildman–Crippen MR) is 52.1 cm³/mol. The van der Waals surface area contributed by atoms with E-state index in [4.69, 9.17) is 23.2 Å². The molecular weight excluding hydrogens is 303 g/mol. The number of hydrogen-bond donors (Lipinski definition) is 0. The lowest BCUT2D eigenvalue weighted by Crippen LogP contribution is -1.99. The van der Waals surface area contributed by atoms with E-state index in [1.165, 1.54) is 0 Å². The Kier molecular flexibility index (Phi) is 3.80. The molecule has 0 radical (unpaired) electrons. The van der Waals surface area contributed by atoms with Crippen molar-refractivity contribution in [2.45, 2.75) is 6.43 Å². The largest absolute Gasteiger partial charge is 0.281 e. The molecule has 7 heteroatoms. The van der Waals surface area contributed by atoms with Crippen molar-refractivity contribution in [1.29, 1.82) is 0 Å². The molecule has 2 nitrogen and oxygen atoms in total. The van der Waals surface area contributed by atoms with Crippen LogP contribution in [0.25, 0.3) is 0 Å². The Morgan fingerprint density at radius 2 is 2.14 bits per heavy atom. The van der Waals surface area contributed by atoms with Gasteiger partial charge in [-0.1, -0.05) is 11.6 Å². The van der Waals surface area contributed by atoms with Crippen LogP contribution in [0.15, 0.2) is 10.5 Å². The monoisotopic (exact) mass is 303 g/mol. The summed E-state index contributed by atoms with van der Waals surface area (Å²) in [5, 5.41) is -1.17. The van der Waals surface area contributed by atoms with E-state index >= 15 is 0 Å². The normalized spacial score (nSPS) is 10.7. The van der Waals surface area contributed by atoms with Gasteiger partial charge in [0.2, 0.25) is 0 Å². The summed E-state index contributed by atoms with van der Waals surface area (Å²) >= 11 is 13.4.